The first kappa shape index (κ1) is 15.0. The van der Waals surface area contributed by atoms with E-state index in [1.54, 1.807) is 43.1 Å². The van der Waals surface area contributed by atoms with Crippen molar-refractivity contribution in [2.24, 2.45) is 0 Å². The van der Waals surface area contributed by atoms with Crippen LogP contribution < -0.4 is 4.90 Å². The normalized spacial score (nSPS) is 11.7. The van der Waals surface area contributed by atoms with Gasteiger partial charge in [-0.1, -0.05) is 0 Å². The van der Waals surface area contributed by atoms with Gasteiger partial charge in [0, 0.05) is 23.7 Å². The molecule has 0 aliphatic heterocycles. The molecule has 0 radical (unpaired) electrons. The quantitative estimate of drug-likeness (QED) is 0.691. The van der Waals surface area contributed by atoms with E-state index in [-0.39, 0.29) is 5.69 Å². The van der Waals surface area contributed by atoms with Crippen LogP contribution in [0.4, 0.5) is 16.4 Å². The molecule has 1 aromatic carbocycles. The van der Waals surface area contributed by atoms with Crippen molar-refractivity contribution in [1.82, 2.24) is 0 Å². The predicted molar refractivity (Wildman–Crippen MR) is 80.8 cm³/mol. The number of nitro groups is 1. The predicted octanol–water partition coefficient (Wildman–Crippen LogP) is 3.35. The number of aliphatic hydroxyl groups is 1. The number of anilines is 2. The number of hydrogen-bond acceptors (Lipinski definition) is 6. The first-order valence-electron chi connectivity index (χ1n) is 6.14. The Kier molecular flexibility index (Phi) is 4.21. The van der Waals surface area contributed by atoms with Crippen molar-refractivity contribution in [1.29, 1.82) is 5.26 Å². The maximum absolute atomic E-state index is 11.2. The van der Waals surface area contributed by atoms with Crippen LogP contribution in [0.5, 0.6) is 0 Å². The molecule has 0 aliphatic carbocycles. The van der Waals surface area contributed by atoms with Gasteiger partial charge >= 0.3 is 5.69 Å². The van der Waals surface area contributed by atoms with Gasteiger partial charge in [0.05, 0.1) is 22.7 Å². The Morgan fingerprint density at radius 1 is 1.43 bits per heavy atom. The van der Waals surface area contributed by atoms with Crippen molar-refractivity contribution >= 4 is 27.7 Å². The molecule has 0 fully saturated rings. The lowest BCUT2D eigenvalue weighted by Gasteiger charge is -2.16. The summed E-state index contributed by atoms with van der Waals surface area (Å²) in [4.78, 5) is 12.9. The molecule has 2 rings (SSSR count). The standard InChI is InChI=1S/C14H13N3O3S/c1-9(18)13-7-12(17(19)20)14(21-13)16(2)11-5-3-10(8-15)4-6-11/h3-7,9,18H,1-2H3/t9-/m0/s1. The van der Waals surface area contributed by atoms with Crippen molar-refractivity contribution in [3.05, 3.63) is 50.9 Å². The van der Waals surface area contributed by atoms with Gasteiger partial charge in [-0.05, 0) is 31.2 Å². The molecule has 0 unspecified atom stereocenters. The molecular weight excluding hydrogens is 290 g/mol. The van der Waals surface area contributed by atoms with Gasteiger partial charge in [0.2, 0.25) is 0 Å². The third-order valence-corrected chi connectivity index (χ3v) is 4.38. The number of benzene rings is 1. The van der Waals surface area contributed by atoms with Crippen LogP contribution in [0.3, 0.4) is 0 Å². The summed E-state index contributed by atoms with van der Waals surface area (Å²) in [5.41, 5.74) is 1.22. The van der Waals surface area contributed by atoms with Gasteiger partial charge in [-0.2, -0.15) is 5.26 Å². The second-order valence-corrected chi connectivity index (χ2v) is 5.55. The Hall–Kier alpha value is -2.43. The highest BCUT2D eigenvalue weighted by atomic mass is 32.1. The third-order valence-electron chi connectivity index (χ3n) is 3.01. The summed E-state index contributed by atoms with van der Waals surface area (Å²) < 4.78 is 0. The zero-order chi connectivity index (χ0) is 15.6. The van der Waals surface area contributed by atoms with Gasteiger partial charge in [0.15, 0.2) is 5.00 Å². The molecule has 1 aromatic heterocycles. The van der Waals surface area contributed by atoms with E-state index in [1.165, 1.54) is 17.4 Å². The molecule has 1 N–H and O–H groups in total. The lowest BCUT2D eigenvalue weighted by Crippen LogP contribution is -2.09. The van der Waals surface area contributed by atoms with E-state index in [0.29, 0.717) is 15.4 Å². The smallest absolute Gasteiger partial charge is 0.304 e. The highest BCUT2D eigenvalue weighted by Crippen LogP contribution is 2.42. The van der Waals surface area contributed by atoms with Crippen LogP contribution in [0.1, 0.15) is 23.5 Å². The number of aliphatic hydroxyl groups excluding tert-OH is 1. The van der Waals surface area contributed by atoms with Gasteiger partial charge in [-0.25, -0.2) is 0 Å². The minimum absolute atomic E-state index is 0.0391. The topological polar surface area (TPSA) is 90.4 Å². The monoisotopic (exact) mass is 303 g/mol. The van der Waals surface area contributed by atoms with Crippen LogP contribution in [-0.4, -0.2) is 17.1 Å². The summed E-state index contributed by atoms with van der Waals surface area (Å²) in [7, 11) is 1.71. The molecule has 0 aliphatic rings. The molecule has 108 valence electrons. The largest absolute Gasteiger partial charge is 0.388 e. The van der Waals surface area contributed by atoms with E-state index >= 15 is 0 Å². The van der Waals surface area contributed by atoms with E-state index in [4.69, 9.17) is 5.26 Å². The number of thiophene rings is 1. The maximum atomic E-state index is 11.2. The molecule has 0 saturated carbocycles. The highest BCUT2D eigenvalue weighted by Gasteiger charge is 2.24. The first-order chi connectivity index (χ1) is 9.93. The molecule has 7 heteroatoms. The summed E-state index contributed by atoms with van der Waals surface area (Å²) >= 11 is 1.18. The molecular formula is C14H13N3O3S. The third kappa shape index (κ3) is 3.02. The number of nitrogens with zero attached hydrogens (tertiary/aromatic N) is 3. The Labute approximate surface area is 125 Å². The zero-order valence-electron chi connectivity index (χ0n) is 11.5. The minimum Gasteiger partial charge on any atom is -0.388 e. The van der Waals surface area contributed by atoms with E-state index in [0.717, 1.165) is 5.69 Å². The Bertz CT molecular complexity index is 701. The van der Waals surface area contributed by atoms with Crippen molar-refractivity contribution in [3.63, 3.8) is 0 Å². The summed E-state index contributed by atoms with van der Waals surface area (Å²) in [5, 5.41) is 30.0. The van der Waals surface area contributed by atoms with Crippen LogP contribution in [0.25, 0.3) is 0 Å². The molecule has 6 nitrogen and oxygen atoms in total. The van der Waals surface area contributed by atoms with Gasteiger partial charge in [-0.15, -0.1) is 11.3 Å². The maximum Gasteiger partial charge on any atom is 0.304 e. The molecule has 0 saturated heterocycles. The van der Waals surface area contributed by atoms with Crippen LogP contribution in [0.2, 0.25) is 0 Å². The average Bonchev–Trinajstić information content (AvgIpc) is 2.92. The molecule has 21 heavy (non-hydrogen) atoms. The van der Waals surface area contributed by atoms with Crippen molar-refractivity contribution in [2.75, 3.05) is 11.9 Å². The fourth-order valence-corrected chi connectivity index (χ4v) is 2.89. The Morgan fingerprint density at radius 2 is 2.05 bits per heavy atom. The first-order valence-corrected chi connectivity index (χ1v) is 6.95. The van der Waals surface area contributed by atoms with Crippen molar-refractivity contribution in [3.8, 4) is 6.07 Å². The SMILES string of the molecule is C[C@H](O)c1cc([N+](=O)[O-])c(N(C)c2ccc(C#N)cc2)s1. The fraction of sp³-hybridized carbons (Fsp3) is 0.214. The van der Waals surface area contributed by atoms with E-state index < -0.39 is 11.0 Å². The van der Waals surface area contributed by atoms with E-state index in [9.17, 15) is 15.2 Å². The van der Waals surface area contributed by atoms with E-state index in [1.807, 2.05) is 6.07 Å². The Balaban J connectivity index is 2.43. The van der Waals surface area contributed by atoms with Gasteiger partial charge in [0.25, 0.3) is 0 Å². The van der Waals surface area contributed by atoms with Gasteiger partial charge < -0.3 is 10.0 Å². The second kappa shape index (κ2) is 5.91. The molecule has 0 spiro atoms. The van der Waals surface area contributed by atoms with Crippen LogP contribution in [0.15, 0.2) is 30.3 Å². The van der Waals surface area contributed by atoms with Gasteiger partial charge in [-0.3, -0.25) is 10.1 Å². The summed E-state index contributed by atoms with van der Waals surface area (Å²) in [6.07, 6.45) is -0.753. The van der Waals surface area contributed by atoms with Crippen LogP contribution in [0, 0.1) is 21.4 Å². The zero-order valence-corrected chi connectivity index (χ0v) is 12.3. The lowest BCUT2D eigenvalue weighted by molar-refractivity contribution is -0.383. The van der Waals surface area contributed by atoms with Crippen molar-refractivity contribution in [2.45, 2.75) is 13.0 Å². The summed E-state index contributed by atoms with van der Waals surface area (Å²) in [5.74, 6) is 0. The number of rotatable bonds is 4. The molecule has 1 heterocycles. The van der Waals surface area contributed by atoms with E-state index in [2.05, 4.69) is 0 Å². The molecule has 2 aromatic rings. The van der Waals surface area contributed by atoms with Crippen molar-refractivity contribution < 1.29 is 10.0 Å². The van der Waals surface area contributed by atoms with Gasteiger partial charge in [0.1, 0.15) is 0 Å². The molecule has 0 amide bonds. The number of hydrogen-bond donors (Lipinski definition) is 1. The molecule has 0 bridgehead atoms. The second-order valence-electron chi connectivity index (χ2n) is 4.49. The molecule has 1 atom stereocenters. The average molecular weight is 303 g/mol. The van der Waals surface area contributed by atoms with Crippen LogP contribution in [-0.2, 0) is 0 Å². The lowest BCUT2D eigenvalue weighted by atomic mass is 10.2. The number of nitriles is 1. The van der Waals surface area contributed by atoms with Crippen LogP contribution >= 0.6 is 11.3 Å². The summed E-state index contributed by atoms with van der Waals surface area (Å²) in [6, 6.07) is 10.2. The summed E-state index contributed by atoms with van der Waals surface area (Å²) in [6.45, 7) is 1.57. The highest BCUT2D eigenvalue weighted by molar-refractivity contribution is 7.16. The minimum atomic E-state index is -0.753. The Morgan fingerprint density at radius 3 is 2.52 bits per heavy atom. The fourth-order valence-electron chi connectivity index (χ4n) is 1.84.